The summed E-state index contributed by atoms with van der Waals surface area (Å²) >= 11 is 4.67. The van der Waals surface area contributed by atoms with Crippen molar-refractivity contribution in [1.82, 2.24) is 4.98 Å². The maximum Gasteiger partial charge on any atom is 0.355 e. The second-order valence-corrected chi connectivity index (χ2v) is 5.42. The molecule has 13 heavy (non-hydrogen) atoms. The highest BCUT2D eigenvalue weighted by Gasteiger charge is 2.28. The van der Waals surface area contributed by atoms with Crippen LogP contribution in [0.25, 0.3) is 0 Å². The lowest BCUT2D eigenvalue weighted by Crippen LogP contribution is -2.11. The standard InChI is InChI=1S/C8H8BrNO2S/c9-8-10-5(7(11)12)6(13-8)4-2-1-3-4/h4H,1-3H2,(H,11,12). The number of rotatable bonds is 2. The summed E-state index contributed by atoms with van der Waals surface area (Å²) in [5.74, 6) is -0.473. The molecular formula is C8H8BrNO2S. The van der Waals surface area contributed by atoms with Crippen LogP contribution in [0.2, 0.25) is 0 Å². The molecule has 3 nitrogen and oxygen atoms in total. The van der Waals surface area contributed by atoms with Crippen LogP contribution in [0.3, 0.4) is 0 Å². The number of aromatic nitrogens is 1. The molecule has 1 aromatic rings. The number of halogens is 1. The summed E-state index contributed by atoms with van der Waals surface area (Å²) in [4.78, 5) is 15.7. The third kappa shape index (κ3) is 1.62. The van der Waals surface area contributed by atoms with Crippen LogP contribution in [-0.4, -0.2) is 16.1 Å². The number of thiazole rings is 1. The smallest absolute Gasteiger partial charge is 0.355 e. The minimum absolute atomic E-state index is 0.238. The van der Waals surface area contributed by atoms with Gasteiger partial charge in [0.25, 0.3) is 0 Å². The molecule has 0 saturated heterocycles. The third-order valence-electron chi connectivity index (χ3n) is 2.31. The number of carboxylic acids is 1. The van der Waals surface area contributed by atoms with E-state index in [0.29, 0.717) is 9.83 Å². The molecule has 1 saturated carbocycles. The van der Waals surface area contributed by atoms with Crippen molar-refractivity contribution in [3.8, 4) is 0 Å². The fourth-order valence-corrected chi connectivity index (χ4v) is 3.06. The van der Waals surface area contributed by atoms with E-state index < -0.39 is 5.97 Å². The predicted octanol–water partition coefficient (Wildman–Crippen LogP) is 2.87. The molecule has 0 bridgehead atoms. The molecule has 0 unspecified atom stereocenters. The molecule has 0 spiro atoms. The lowest BCUT2D eigenvalue weighted by molar-refractivity contribution is 0.0689. The molecule has 1 aliphatic rings. The molecule has 5 heteroatoms. The molecule has 1 aliphatic carbocycles. The minimum atomic E-state index is -0.913. The van der Waals surface area contributed by atoms with Gasteiger partial charge in [0, 0.05) is 4.88 Å². The quantitative estimate of drug-likeness (QED) is 0.891. The monoisotopic (exact) mass is 261 g/mol. The van der Waals surface area contributed by atoms with Crippen LogP contribution in [0.15, 0.2) is 3.92 Å². The topological polar surface area (TPSA) is 50.2 Å². The third-order valence-corrected chi connectivity index (χ3v) is 3.98. The Bertz CT molecular complexity index is 346. The van der Waals surface area contributed by atoms with Crippen LogP contribution in [0.1, 0.15) is 40.5 Å². The van der Waals surface area contributed by atoms with Gasteiger partial charge in [0.1, 0.15) is 0 Å². The largest absolute Gasteiger partial charge is 0.476 e. The Morgan fingerprint density at radius 2 is 2.31 bits per heavy atom. The van der Waals surface area contributed by atoms with E-state index in [-0.39, 0.29) is 5.69 Å². The predicted molar refractivity (Wildman–Crippen MR) is 53.4 cm³/mol. The highest BCUT2D eigenvalue weighted by atomic mass is 79.9. The zero-order valence-electron chi connectivity index (χ0n) is 6.79. The zero-order chi connectivity index (χ0) is 9.42. The van der Waals surface area contributed by atoms with Gasteiger partial charge in [-0.3, -0.25) is 0 Å². The van der Waals surface area contributed by atoms with Crippen molar-refractivity contribution >= 4 is 33.2 Å². The van der Waals surface area contributed by atoms with Gasteiger partial charge in [-0.15, -0.1) is 11.3 Å². The molecule has 0 atom stereocenters. The van der Waals surface area contributed by atoms with Crippen molar-refractivity contribution in [2.75, 3.05) is 0 Å². The summed E-state index contributed by atoms with van der Waals surface area (Å²) in [6.45, 7) is 0. The van der Waals surface area contributed by atoms with Crippen molar-refractivity contribution in [3.63, 3.8) is 0 Å². The van der Waals surface area contributed by atoms with Crippen LogP contribution in [0.4, 0.5) is 0 Å². The van der Waals surface area contributed by atoms with E-state index in [1.54, 1.807) is 0 Å². The van der Waals surface area contributed by atoms with Crippen molar-refractivity contribution in [2.24, 2.45) is 0 Å². The first-order valence-corrected chi connectivity index (χ1v) is 5.69. The first kappa shape index (κ1) is 9.15. The van der Waals surface area contributed by atoms with Gasteiger partial charge in [-0.1, -0.05) is 6.42 Å². The second kappa shape index (κ2) is 3.38. The summed E-state index contributed by atoms with van der Waals surface area (Å²) in [5.41, 5.74) is 0.238. The highest BCUT2D eigenvalue weighted by Crippen LogP contribution is 2.41. The molecule has 0 aliphatic heterocycles. The van der Waals surface area contributed by atoms with Gasteiger partial charge in [-0.25, -0.2) is 9.78 Å². The van der Waals surface area contributed by atoms with Gasteiger partial charge in [0.15, 0.2) is 9.61 Å². The van der Waals surface area contributed by atoms with Gasteiger partial charge in [0.05, 0.1) is 0 Å². The van der Waals surface area contributed by atoms with E-state index in [0.717, 1.165) is 17.7 Å². The molecule has 0 radical (unpaired) electrons. The van der Waals surface area contributed by atoms with E-state index >= 15 is 0 Å². The number of aromatic carboxylic acids is 1. The summed E-state index contributed by atoms with van der Waals surface area (Å²) in [7, 11) is 0. The molecule has 70 valence electrons. The first-order chi connectivity index (χ1) is 6.18. The van der Waals surface area contributed by atoms with Gasteiger partial charge < -0.3 is 5.11 Å². The van der Waals surface area contributed by atoms with E-state index in [2.05, 4.69) is 20.9 Å². The lowest BCUT2D eigenvalue weighted by Gasteiger charge is -2.23. The van der Waals surface area contributed by atoms with Gasteiger partial charge in [0.2, 0.25) is 0 Å². The van der Waals surface area contributed by atoms with Gasteiger partial charge in [-0.2, -0.15) is 0 Å². The van der Waals surface area contributed by atoms with Crippen LogP contribution in [0, 0.1) is 0 Å². The van der Waals surface area contributed by atoms with Crippen LogP contribution in [0.5, 0.6) is 0 Å². The van der Waals surface area contributed by atoms with Crippen molar-refractivity contribution in [2.45, 2.75) is 25.2 Å². The molecular weight excluding hydrogens is 254 g/mol. The van der Waals surface area contributed by atoms with E-state index in [1.165, 1.54) is 17.8 Å². The molecule has 1 fully saturated rings. The summed E-state index contributed by atoms with van der Waals surface area (Å²) in [6.07, 6.45) is 3.42. The Morgan fingerprint density at radius 3 is 2.77 bits per heavy atom. The fourth-order valence-electron chi connectivity index (χ4n) is 1.41. The van der Waals surface area contributed by atoms with E-state index in [1.807, 2.05) is 0 Å². The van der Waals surface area contributed by atoms with Crippen molar-refractivity contribution in [3.05, 3.63) is 14.5 Å². The average molecular weight is 262 g/mol. The second-order valence-electron chi connectivity index (χ2n) is 3.11. The highest BCUT2D eigenvalue weighted by molar-refractivity contribution is 9.11. The fraction of sp³-hybridized carbons (Fsp3) is 0.500. The Kier molecular flexibility index (Phi) is 2.38. The average Bonchev–Trinajstić information content (AvgIpc) is 2.27. The van der Waals surface area contributed by atoms with Crippen molar-refractivity contribution in [1.29, 1.82) is 0 Å². The molecule has 1 N–H and O–H groups in total. The van der Waals surface area contributed by atoms with Crippen LogP contribution in [-0.2, 0) is 0 Å². The van der Waals surface area contributed by atoms with E-state index in [4.69, 9.17) is 5.11 Å². The minimum Gasteiger partial charge on any atom is -0.476 e. The maximum atomic E-state index is 10.8. The lowest BCUT2D eigenvalue weighted by atomic mass is 9.84. The molecule has 1 aromatic heterocycles. The van der Waals surface area contributed by atoms with E-state index in [9.17, 15) is 4.79 Å². The molecule has 0 aromatic carbocycles. The Balaban J connectivity index is 2.36. The Morgan fingerprint density at radius 1 is 1.62 bits per heavy atom. The number of hydrogen-bond donors (Lipinski definition) is 1. The van der Waals surface area contributed by atoms with Gasteiger partial charge >= 0.3 is 5.97 Å². The Hall–Kier alpha value is -0.420. The van der Waals surface area contributed by atoms with Crippen LogP contribution >= 0.6 is 27.3 Å². The number of carboxylic acid groups (broad SMARTS) is 1. The van der Waals surface area contributed by atoms with Gasteiger partial charge in [-0.05, 0) is 34.7 Å². The zero-order valence-corrected chi connectivity index (χ0v) is 9.19. The normalized spacial score (nSPS) is 17.0. The SMILES string of the molecule is O=C(O)c1nc(Br)sc1C1CCC1. The summed E-state index contributed by atoms with van der Waals surface area (Å²) in [5, 5.41) is 8.87. The summed E-state index contributed by atoms with van der Waals surface area (Å²) < 4.78 is 0.673. The number of carbonyl (C=O) groups is 1. The van der Waals surface area contributed by atoms with Crippen LogP contribution < -0.4 is 0 Å². The Labute approximate surface area is 87.9 Å². The van der Waals surface area contributed by atoms with Crippen molar-refractivity contribution < 1.29 is 9.90 Å². The molecule has 1 heterocycles. The maximum absolute atomic E-state index is 10.8. The first-order valence-electron chi connectivity index (χ1n) is 4.08. The number of hydrogen-bond acceptors (Lipinski definition) is 3. The molecule has 2 rings (SSSR count). The molecule has 0 amide bonds. The summed E-state index contributed by atoms with van der Waals surface area (Å²) in [6, 6.07) is 0. The number of nitrogens with zero attached hydrogens (tertiary/aromatic N) is 1.